The van der Waals surface area contributed by atoms with Gasteiger partial charge in [-0.1, -0.05) is 200 Å². The standard InChI is InChI=1S/C69H56N8O4S/c70-41-48-36-38-49(39-37-48)60(78)40-61-76-69(65(79)77(61)64-57-42-71-45-66(57,64)82(80,81)56-34-20-7-21-35-56,62(58-43-72-46-74-58)67(50-22-8-1-9-23-50,51-24-10-2-11-25-51)52-26-12-3-13-27-52)63(59-44-73-47-75-59)68(53-28-14-4-15-29-53,54-30-16-5-17-31-54)55-32-18-6-19-33-55/h1-40,43-44,46-47,57,62-64,71,76H,42,45H2,(H,72,74)(H,73,75). The molecular weight excluding hydrogens is 1040 g/mol. The molecule has 5 atom stereocenters. The molecule has 2 aliphatic heterocycles. The van der Waals surface area contributed by atoms with Gasteiger partial charge in [-0.3, -0.25) is 14.5 Å². The third-order valence-corrected chi connectivity index (χ3v) is 20.1. The zero-order valence-electron chi connectivity index (χ0n) is 44.5. The van der Waals surface area contributed by atoms with E-state index in [1.165, 1.54) is 6.08 Å². The molecule has 0 bridgehead atoms. The van der Waals surface area contributed by atoms with Crippen LogP contribution in [0.4, 0.5) is 0 Å². The first-order valence-corrected chi connectivity index (χ1v) is 28.9. The molecule has 10 aromatic rings. The van der Waals surface area contributed by atoms with E-state index >= 15 is 18.0 Å². The second kappa shape index (κ2) is 20.7. The Balaban J connectivity index is 1.24. The summed E-state index contributed by atoms with van der Waals surface area (Å²) in [4.78, 5) is 52.8. The zero-order chi connectivity index (χ0) is 55.9. The van der Waals surface area contributed by atoms with E-state index < -0.39 is 66.4 Å². The maximum Gasteiger partial charge on any atom is 0.255 e. The number of ketones is 1. The number of hydrogen-bond acceptors (Lipinski definition) is 9. The van der Waals surface area contributed by atoms with Gasteiger partial charge in [0.05, 0.1) is 57.9 Å². The van der Waals surface area contributed by atoms with E-state index in [0.29, 0.717) is 17.0 Å². The van der Waals surface area contributed by atoms with Gasteiger partial charge in [0.15, 0.2) is 15.6 Å². The monoisotopic (exact) mass is 1090 g/mol. The van der Waals surface area contributed by atoms with Crippen molar-refractivity contribution >= 4 is 21.5 Å². The van der Waals surface area contributed by atoms with E-state index in [1.807, 2.05) is 109 Å². The number of sulfone groups is 1. The van der Waals surface area contributed by atoms with Crippen LogP contribution in [-0.4, -0.2) is 74.4 Å². The molecule has 3 fully saturated rings. The van der Waals surface area contributed by atoms with Crippen LogP contribution in [0.2, 0.25) is 0 Å². The minimum atomic E-state index is -4.22. The summed E-state index contributed by atoms with van der Waals surface area (Å²) in [5.74, 6) is -3.67. The number of allylic oxidation sites excluding steroid dienone is 1. The maximum atomic E-state index is 18.7. The van der Waals surface area contributed by atoms with Crippen LogP contribution < -0.4 is 10.6 Å². The highest BCUT2D eigenvalue weighted by Crippen LogP contribution is 2.67. The molecule has 12 nitrogen and oxygen atoms in total. The van der Waals surface area contributed by atoms with Gasteiger partial charge in [0.25, 0.3) is 5.91 Å². The molecule has 2 aromatic heterocycles. The quantitative estimate of drug-likeness (QED) is 0.0393. The van der Waals surface area contributed by atoms with Crippen LogP contribution in [0, 0.1) is 17.2 Å². The SMILES string of the molecule is N#Cc1ccc(C(=O)C=C2NC(C(c3cnc[nH]3)C(c3ccccc3)(c3ccccc3)c3ccccc3)(C(c3cnc[nH]3)C(c3ccccc3)(c3ccccc3)c3ccccc3)C(=O)N2C2C3CNCC32S(=O)(=O)c2ccccc2)cc1. The van der Waals surface area contributed by atoms with E-state index in [9.17, 15) is 5.26 Å². The van der Waals surface area contributed by atoms with Crippen molar-refractivity contribution in [1.29, 1.82) is 5.26 Å². The number of carbonyl (C=O) groups is 2. The Morgan fingerprint density at radius 1 is 0.585 bits per heavy atom. The Kier molecular flexibility index (Phi) is 13.1. The minimum absolute atomic E-state index is 0.0467. The van der Waals surface area contributed by atoms with Crippen LogP contribution >= 0.6 is 0 Å². The van der Waals surface area contributed by atoms with Crippen LogP contribution in [0.1, 0.15) is 72.5 Å². The van der Waals surface area contributed by atoms with Crippen molar-refractivity contribution in [2.24, 2.45) is 5.92 Å². The highest BCUT2D eigenvalue weighted by Gasteiger charge is 2.81. The van der Waals surface area contributed by atoms with Gasteiger partial charge in [-0.2, -0.15) is 5.26 Å². The molecule has 82 heavy (non-hydrogen) atoms. The number of nitrogens with zero attached hydrogens (tertiary/aromatic N) is 4. The Morgan fingerprint density at radius 3 is 1.34 bits per heavy atom. The average molecular weight is 1090 g/mol. The number of H-pyrrole nitrogens is 2. The number of imidazole rings is 2. The average Bonchev–Trinajstić information content (AvgIpc) is 1.63. The fourth-order valence-electron chi connectivity index (χ4n) is 14.3. The first-order valence-electron chi connectivity index (χ1n) is 27.4. The molecule has 4 heterocycles. The number of carbonyl (C=O) groups excluding carboxylic acids is 2. The van der Waals surface area contributed by atoms with Gasteiger partial charge in [-0.25, -0.2) is 18.4 Å². The molecule has 0 spiro atoms. The molecule has 8 aromatic carbocycles. The van der Waals surface area contributed by atoms with Crippen LogP contribution in [0.15, 0.2) is 278 Å². The summed E-state index contributed by atoms with van der Waals surface area (Å²) < 4.78 is 30.0. The molecule has 4 N–H and O–H groups in total. The lowest BCUT2D eigenvalue weighted by Gasteiger charge is -2.56. The summed E-state index contributed by atoms with van der Waals surface area (Å²) in [7, 11) is -4.22. The van der Waals surface area contributed by atoms with Gasteiger partial charge in [-0.15, -0.1) is 0 Å². The first-order chi connectivity index (χ1) is 40.2. The minimum Gasteiger partial charge on any atom is -0.356 e. The molecule has 1 amide bonds. The number of piperidine rings is 1. The lowest BCUT2D eigenvalue weighted by atomic mass is 9.47. The number of rotatable bonds is 17. The van der Waals surface area contributed by atoms with E-state index in [1.54, 1.807) is 84.5 Å². The number of nitrogens with one attached hydrogen (secondary N) is 4. The fraction of sp³-hybridized carbons (Fsp3) is 0.145. The van der Waals surface area contributed by atoms with Gasteiger partial charge < -0.3 is 20.6 Å². The Hall–Kier alpha value is -9.74. The summed E-state index contributed by atoms with van der Waals surface area (Å²) in [6.45, 7) is 0.327. The third-order valence-electron chi connectivity index (χ3n) is 17.5. The van der Waals surface area contributed by atoms with Gasteiger partial charge in [0.2, 0.25) is 0 Å². The Bertz CT molecular complexity index is 3720. The first kappa shape index (κ1) is 51.7. The molecule has 2 saturated heterocycles. The summed E-state index contributed by atoms with van der Waals surface area (Å²) in [5.41, 5.74) is 1.99. The predicted octanol–water partition coefficient (Wildman–Crippen LogP) is 10.7. The fourth-order valence-corrected chi connectivity index (χ4v) is 16.6. The number of aromatic amines is 2. The summed E-state index contributed by atoms with van der Waals surface area (Å²) >= 11 is 0. The van der Waals surface area contributed by atoms with Crippen molar-refractivity contribution in [3.8, 4) is 6.07 Å². The van der Waals surface area contributed by atoms with Crippen molar-refractivity contribution in [3.05, 3.63) is 329 Å². The third kappa shape index (κ3) is 7.85. The molecule has 402 valence electrons. The van der Waals surface area contributed by atoms with Gasteiger partial charge in [0, 0.05) is 54.4 Å². The maximum absolute atomic E-state index is 18.7. The predicted molar refractivity (Wildman–Crippen MR) is 314 cm³/mol. The van der Waals surface area contributed by atoms with Gasteiger partial charge >= 0.3 is 0 Å². The van der Waals surface area contributed by atoms with Gasteiger partial charge in [0.1, 0.15) is 16.1 Å². The number of benzene rings is 8. The summed E-state index contributed by atoms with van der Waals surface area (Å²) in [6, 6.07) is 77.1. The normalized spacial score (nSPS) is 20.8. The summed E-state index contributed by atoms with van der Waals surface area (Å²) in [6.07, 6.45) is 8.29. The summed E-state index contributed by atoms with van der Waals surface area (Å²) in [5, 5.41) is 17.4. The Labute approximate surface area is 476 Å². The zero-order valence-corrected chi connectivity index (χ0v) is 45.3. The molecule has 3 aliphatic rings. The molecule has 1 aliphatic carbocycles. The topological polar surface area (TPSA) is 177 Å². The second-order valence-corrected chi connectivity index (χ2v) is 23.6. The van der Waals surface area contributed by atoms with E-state index in [2.05, 4.69) is 99.5 Å². The molecule has 13 heteroatoms. The van der Waals surface area contributed by atoms with Gasteiger partial charge in [-0.05, 0) is 69.8 Å². The number of amides is 1. The highest BCUT2D eigenvalue weighted by molar-refractivity contribution is 7.93. The Morgan fingerprint density at radius 2 is 0.976 bits per heavy atom. The van der Waals surface area contributed by atoms with E-state index in [-0.39, 0.29) is 29.4 Å². The number of fused-ring (bicyclic) bond motifs is 1. The molecular formula is C69H56N8O4S. The molecule has 13 rings (SSSR count). The molecule has 5 unspecified atom stereocenters. The van der Waals surface area contributed by atoms with Crippen LogP contribution in [-0.2, 0) is 25.5 Å². The van der Waals surface area contributed by atoms with Crippen molar-refractivity contribution < 1.29 is 18.0 Å². The van der Waals surface area contributed by atoms with E-state index in [4.69, 9.17) is 9.97 Å². The number of aromatic nitrogens is 4. The van der Waals surface area contributed by atoms with Crippen LogP contribution in [0.5, 0.6) is 0 Å². The van der Waals surface area contributed by atoms with Crippen molar-refractivity contribution in [3.63, 3.8) is 0 Å². The second-order valence-electron chi connectivity index (χ2n) is 21.4. The number of hydrogen-bond donors (Lipinski definition) is 4. The van der Waals surface area contributed by atoms with Crippen molar-refractivity contribution in [2.75, 3.05) is 13.1 Å². The molecule has 1 saturated carbocycles. The van der Waals surface area contributed by atoms with Crippen LogP contribution in [0.3, 0.4) is 0 Å². The van der Waals surface area contributed by atoms with Crippen molar-refractivity contribution in [1.82, 2.24) is 35.5 Å². The van der Waals surface area contributed by atoms with E-state index in [0.717, 1.165) is 33.4 Å². The smallest absolute Gasteiger partial charge is 0.255 e. The molecule has 0 radical (unpaired) electrons. The number of nitriles is 1. The van der Waals surface area contributed by atoms with Crippen LogP contribution in [0.25, 0.3) is 0 Å². The highest BCUT2D eigenvalue weighted by atomic mass is 32.2. The lowest BCUT2D eigenvalue weighted by molar-refractivity contribution is -0.135. The van der Waals surface area contributed by atoms with Crippen molar-refractivity contribution in [2.45, 2.75) is 43.9 Å². The largest absolute Gasteiger partial charge is 0.356 e. The lowest BCUT2D eigenvalue weighted by Crippen LogP contribution is -2.66.